The van der Waals surface area contributed by atoms with Crippen LogP contribution in [0.4, 0.5) is 0 Å². The molecule has 0 N–H and O–H groups in total. The number of allylic oxidation sites excluding steroid dienone is 4. The van der Waals surface area contributed by atoms with Gasteiger partial charge in [0.25, 0.3) is 0 Å². The molecular formula is C54H92N+. The van der Waals surface area contributed by atoms with Gasteiger partial charge in [-0.15, -0.1) is 0 Å². The van der Waals surface area contributed by atoms with Crippen molar-refractivity contribution in [3.8, 4) is 0 Å². The Hall–Kier alpha value is -2.12. The number of hydrogen-bond acceptors (Lipinski definition) is 0. The SMILES string of the molecule is CCCCCC/C=C/CCCCCCCCCCCC[N+](CCCCCCCCCCCC/C=C/CCCCCC)(Cc1ccccc1)Cc1ccccc1. The van der Waals surface area contributed by atoms with Crippen molar-refractivity contribution in [3.63, 3.8) is 0 Å². The van der Waals surface area contributed by atoms with Crippen LogP contribution in [0, 0.1) is 0 Å². The van der Waals surface area contributed by atoms with Crippen LogP contribution in [0.2, 0.25) is 0 Å². The zero-order valence-corrected chi connectivity index (χ0v) is 37.0. The van der Waals surface area contributed by atoms with Gasteiger partial charge in [-0.05, 0) is 77.0 Å². The summed E-state index contributed by atoms with van der Waals surface area (Å²) in [4.78, 5) is 0. The van der Waals surface area contributed by atoms with E-state index in [1.807, 2.05) is 0 Å². The van der Waals surface area contributed by atoms with E-state index in [9.17, 15) is 0 Å². The van der Waals surface area contributed by atoms with Crippen molar-refractivity contribution in [1.82, 2.24) is 0 Å². The Morgan fingerprint density at radius 3 is 0.855 bits per heavy atom. The third-order valence-corrected chi connectivity index (χ3v) is 12.0. The Labute approximate surface area is 344 Å². The third-order valence-electron chi connectivity index (χ3n) is 12.0. The maximum atomic E-state index is 2.44. The molecule has 312 valence electrons. The van der Waals surface area contributed by atoms with Crippen molar-refractivity contribution in [2.24, 2.45) is 0 Å². The highest BCUT2D eigenvalue weighted by molar-refractivity contribution is 5.15. The molecule has 2 aromatic carbocycles. The molecule has 0 aromatic heterocycles. The Kier molecular flexibility index (Phi) is 33.4. The summed E-state index contributed by atoms with van der Waals surface area (Å²) >= 11 is 0. The average Bonchev–Trinajstić information content (AvgIpc) is 3.20. The van der Waals surface area contributed by atoms with Gasteiger partial charge in [0.1, 0.15) is 13.1 Å². The maximum Gasteiger partial charge on any atom is 0.105 e. The quantitative estimate of drug-likeness (QED) is 0.0361. The standard InChI is InChI=1S/C54H92N/c1-3-5-7-9-11-13-15-17-19-21-23-25-27-29-31-33-35-43-49-55(51-53-45-39-37-40-46-53,52-54-47-41-38-42-48-54)50-44-36-34-32-30-28-26-24-22-20-18-16-14-12-10-8-6-4-2/h13-16,37-42,45-48H,3-12,17-36,43-44,49-52H2,1-2H3/q+1/b15-13+,16-14+. The molecule has 0 saturated heterocycles. The van der Waals surface area contributed by atoms with Crippen LogP contribution in [-0.2, 0) is 13.1 Å². The van der Waals surface area contributed by atoms with Gasteiger partial charge >= 0.3 is 0 Å². The molecule has 0 heterocycles. The van der Waals surface area contributed by atoms with Crippen LogP contribution in [0.25, 0.3) is 0 Å². The zero-order chi connectivity index (χ0) is 39.0. The Morgan fingerprint density at radius 1 is 0.309 bits per heavy atom. The first-order chi connectivity index (χ1) is 27.3. The van der Waals surface area contributed by atoms with E-state index in [1.165, 1.54) is 247 Å². The van der Waals surface area contributed by atoms with Gasteiger partial charge in [0, 0.05) is 11.1 Å². The molecule has 0 spiro atoms. The molecule has 0 radical (unpaired) electrons. The van der Waals surface area contributed by atoms with Crippen LogP contribution < -0.4 is 0 Å². The zero-order valence-electron chi connectivity index (χ0n) is 37.0. The number of benzene rings is 2. The summed E-state index contributed by atoms with van der Waals surface area (Å²) in [6, 6.07) is 22.8. The molecule has 0 unspecified atom stereocenters. The topological polar surface area (TPSA) is 0 Å². The lowest BCUT2D eigenvalue weighted by atomic mass is 10.0. The molecular weight excluding hydrogens is 663 g/mol. The fourth-order valence-corrected chi connectivity index (χ4v) is 8.52. The molecule has 1 heteroatoms. The van der Waals surface area contributed by atoms with E-state index in [-0.39, 0.29) is 0 Å². The Morgan fingerprint density at radius 2 is 0.564 bits per heavy atom. The lowest BCUT2D eigenvalue weighted by Crippen LogP contribution is -2.48. The Balaban J connectivity index is 1.65. The highest BCUT2D eigenvalue weighted by atomic mass is 15.3. The predicted octanol–water partition coefficient (Wildman–Crippen LogP) is 17.8. The number of quaternary nitrogens is 1. The average molecular weight is 755 g/mol. The number of unbranched alkanes of at least 4 members (excludes halogenated alkanes) is 28. The first kappa shape index (κ1) is 49.0. The van der Waals surface area contributed by atoms with Crippen LogP contribution in [0.3, 0.4) is 0 Å². The molecule has 0 atom stereocenters. The summed E-state index contributed by atoms with van der Waals surface area (Å²) in [5, 5.41) is 0. The smallest absolute Gasteiger partial charge is 0.105 e. The van der Waals surface area contributed by atoms with Crippen molar-refractivity contribution in [2.45, 2.75) is 232 Å². The summed E-state index contributed by atoms with van der Waals surface area (Å²) in [5.41, 5.74) is 3.02. The second-order valence-electron chi connectivity index (χ2n) is 17.4. The van der Waals surface area contributed by atoms with Crippen molar-refractivity contribution in [1.29, 1.82) is 0 Å². The molecule has 2 aromatic rings. The normalized spacial score (nSPS) is 12.1. The van der Waals surface area contributed by atoms with E-state index in [2.05, 4.69) is 98.8 Å². The third kappa shape index (κ3) is 29.7. The van der Waals surface area contributed by atoms with E-state index in [0.717, 1.165) is 0 Å². The summed E-state index contributed by atoms with van der Waals surface area (Å²) in [5.74, 6) is 0. The minimum atomic E-state index is 1.17. The van der Waals surface area contributed by atoms with Gasteiger partial charge in [0.15, 0.2) is 0 Å². The Bertz CT molecular complexity index is 1010. The van der Waals surface area contributed by atoms with E-state index < -0.39 is 0 Å². The van der Waals surface area contributed by atoms with Gasteiger partial charge in [0.2, 0.25) is 0 Å². The monoisotopic (exact) mass is 755 g/mol. The molecule has 0 saturated carbocycles. The van der Waals surface area contributed by atoms with Gasteiger partial charge in [-0.1, -0.05) is 227 Å². The van der Waals surface area contributed by atoms with Crippen molar-refractivity contribution >= 4 is 0 Å². The van der Waals surface area contributed by atoms with Crippen LogP contribution >= 0.6 is 0 Å². The van der Waals surface area contributed by atoms with Crippen molar-refractivity contribution in [2.75, 3.05) is 13.1 Å². The van der Waals surface area contributed by atoms with E-state index in [1.54, 1.807) is 0 Å². The number of rotatable bonds is 40. The summed E-state index contributed by atoms with van der Waals surface area (Å²) in [6.07, 6.45) is 54.2. The van der Waals surface area contributed by atoms with E-state index in [4.69, 9.17) is 0 Å². The van der Waals surface area contributed by atoms with Gasteiger partial charge in [0.05, 0.1) is 13.1 Å². The summed E-state index contributed by atoms with van der Waals surface area (Å²) < 4.78 is 1.22. The van der Waals surface area contributed by atoms with Crippen molar-refractivity contribution in [3.05, 3.63) is 96.1 Å². The number of nitrogens with zero attached hydrogens (tertiary/aromatic N) is 1. The molecule has 2 rings (SSSR count). The van der Waals surface area contributed by atoms with Gasteiger partial charge < -0.3 is 4.48 Å². The fraction of sp³-hybridized carbons (Fsp3) is 0.704. The second kappa shape index (κ2) is 37.5. The fourth-order valence-electron chi connectivity index (χ4n) is 8.52. The molecule has 0 aliphatic heterocycles. The minimum Gasteiger partial charge on any atom is -0.316 e. The molecule has 0 fully saturated rings. The largest absolute Gasteiger partial charge is 0.316 e. The van der Waals surface area contributed by atoms with E-state index >= 15 is 0 Å². The molecule has 55 heavy (non-hydrogen) atoms. The predicted molar refractivity (Wildman–Crippen MR) is 248 cm³/mol. The minimum absolute atomic E-state index is 1.17. The summed E-state index contributed by atoms with van der Waals surface area (Å²) in [6.45, 7) is 9.54. The van der Waals surface area contributed by atoms with Crippen LogP contribution in [-0.4, -0.2) is 17.6 Å². The highest BCUT2D eigenvalue weighted by Crippen LogP contribution is 2.24. The van der Waals surface area contributed by atoms with Crippen molar-refractivity contribution < 1.29 is 4.48 Å². The molecule has 0 amide bonds. The first-order valence-electron chi connectivity index (χ1n) is 24.5. The van der Waals surface area contributed by atoms with E-state index in [0.29, 0.717) is 0 Å². The highest BCUT2D eigenvalue weighted by Gasteiger charge is 2.27. The van der Waals surface area contributed by atoms with Gasteiger partial charge in [-0.3, -0.25) is 0 Å². The molecule has 1 nitrogen and oxygen atoms in total. The molecule has 0 aliphatic carbocycles. The van der Waals surface area contributed by atoms with Gasteiger partial charge in [-0.25, -0.2) is 0 Å². The van der Waals surface area contributed by atoms with Crippen LogP contribution in [0.1, 0.15) is 230 Å². The molecule has 0 bridgehead atoms. The second-order valence-corrected chi connectivity index (χ2v) is 17.4. The van der Waals surface area contributed by atoms with Gasteiger partial charge in [-0.2, -0.15) is 0 Å². The van der Waals surface area contributed by atoms with Crippen LogP contribution in [0.5, 0.6) is 0 Å². The summed E-state index contributed by atoms with van der Waals surface area (Å²) in [7, 11) is 0. The number of hydrogen-bond donors (Lipinski definition) is 0. The maximum absolute atomic E-state index is 2.44. The lowest BCUT2D eigenvalue weighted by Gasteiger charge is -2.39. The molecule has 0 aliphatic rings. The lowest BCUT2D eigenvalue weighted by molar-refractivity contribution is -0.954. The van der Waals surface area contributed by atoms with Crippen LogP contribution in [0.15, 0.2) is 85.0 Å². The first-order valence-corrected chi connectivity index (χ1v) is 24.5.